The zero-order valence-corrected chi connectivity index (χ0v) is 19.7. The molecule has 2 aliphatic carbocycles. The van der Waals surface area contributed by atoms with Crippen LogP contribution in [0, 0.1) is 0 Å². The summed E-state index contributed by atoms with van der Waals surface area (Å²) < 4.78 is 48.5. The molecule has 1 saturated heterocycles. The summed E-state index contributed by atoms with van der Waals surface area (Å²) in [6, 6.07) is 3.44. The Kier molecular flexibility index (Phi) is 5.36. The van der Waals surface area contributed by atoms with E-state index in [1.54, 1.807) is 33.8 Å². The number of anilines is 2. The number of alkyl halides is 3. The van der Waals surface area contributed by atoms with Crippen molar-refractivity contribution in [1.82, 2.24) is 34.8 Å². The van der Waals surface area contributed by atoms with Crippen LogP contribution < -0.4 is 10.6 Å². The lowest BCUT2D eigenvalue weighted by Gasteiger charge is -2.38. The monoisotopic (exact) mass is 504 g/mol. The molecule has 13 heteroatoms. The molecule has 0 radical (unpaired) electrons. The third kappa shape index (κ3) is 4.59. The number of nitrogens with one attached hydrogen (secondary N) is 3. The van der Waals surface area contributed by atoms with Gasteiger partial charge in [0.2, 0.25) is 5.95 Å². The number of fused-ring (bicyclic) bond motifs is 1. The topological polar surface area (TPSA) is 112 Å². The molecule has 0 spiro atoms. The van der Waals surface area contributed by atoms with Crippen molar-refractivity contribution in [3.05, 3.63) is 35.9 Å². The van der Waals surface area contributed by atoms with Gasteiger partial charge in [-0.05, 0) is 38.7 Å². The Morgan fingerprint density at radius 1 is 1.31 bits per heavy atom. The van der Waals surface area contributed by atoms with E-state index in [0.717, 1.165) is 12.8 Å². The molecule has 3 aromatic heterocycles. The van der Waals surface area contributed by atoms with E-state index in [2.05, 4.69) is 30.8 Å². The lowest BCUT2D eigenvalue weighted by atomic mass is 10.0. The molecule has 3 aromatic rings. The maximum absolute atomic E-state index is 15.1. The maximum Gasteiger partial charge on any atom is 0.407 e. The van der Waals surface area contributed by atoms with Crippen molar-refractivity contribution in [2.24, 2.45) is 0 Å². The Morgan fingerprint density at radius 2 is 2.11 bits per heavy atom. The molecule has 3 aliphatic rings. The predicted octanol–water partition coefficient (Wildman–Crippen LogP) is 3.51. The first-order valence-electron chi connectivity index (χ1n) is 12.0. The minimum atomic E-state index is -2.63. The van der Waals surface area contributed by atoms with Gasteiger partial charge in [-0.2, -0.15) is 5.10 Å². The summed E-state index contributed by atoms with van der Waals surface area (Å²) in [7, 11) is 0. The second kappa shape index (κ2) is 8.36. The van der Waals surface area contributed by atoms with Gasteiger partial charge in [0.1, 0.15) is 17.9 Å². The number of aromatic amines is 1. The van der Waals surface area contributed by atoms with E-state index in [0.29, 0.717) is 48.2 Å². The minimum absolute atomic E-state index is 0.221. The molecule has 192 valence electrons. The van der Waals surface area contributed by atoms with Crippen LogP contribution in [0.3, 0.4) is 0 Å². The van der Waals surface area contributed by atoms with Crippen LogP contribution in [0.2, 0.25) is 0 Å². The van der Waals surface area contributed by atoms with Crippen LogP contribution in [-0.4, -0.2) is 72.4 Å². The van der Waals surface area contributed by atoms with Crippen LogP contribution in [0.5, 0.6) is 0 Å². The first-order chi connectivity index (χ1) is 17.2. The van der Waals surface area contributed by atoms with E-state index >= 15 is 4.39 Å². The molecular weight excluding hydrogens is 477 g/mol. The van der Waals surface area contributed by atoms with E-state index in [-0.39, 0.29) is 18.6 Å². The lowest BCUT2D eigenvalue weighted by Crippen LogP contribution is -2.55. The van der Waals surface area contributed by atoms with Crippen LogP contribution in [0.25, 0.3) is 5.65 Å². The van der Waals surface area contributed by atoms with Crippen LogP contribution in [-0.2, 0) is 11.3 Å². The number of carbonyl (C=O) groups excluding carboxylic acids is 1. The van der Waals surface area contributed by atoms with E-state index < -0.39 is 30.2 Å². The molecule has 4 heterocycles. The fourth-order valence-corrected chi connectivity index (χ4v) is 4.89. The van der Waals surface area contributed by atoms with E-state index in [4.69, 9.17) is 4.74 Å². The average Bonchev–Trinajstić information content (AvgIpc) is 3.14. The Bertz CT molecular complexity index is 1280. The second-order valence-corrected chi connectivity index (χ2v) is 10.3. The van der Waals surface area contributed by atoms with Gasteiger partial charge in [0.15, 0.2) is 5.82 Å². The first-order valence-corrected chi connectivity index (χ1v) is 12.0. The van der Waals surface area contributed by atoms with Crippen LogP contribution >= 0.6 is 0 Å². The minimum Gasteiger partial charge on any atom is -0.443 e. The fraction of sp³-hybridized carbons (Fsp3) is 0.565. The number of hydrogen-bond acceptors (Lipinski definition) is 7. The predicted molar refractivity (Wildman–Crippen MR) is 123 cm³/mol. The van der Waals surface area contributed by atoms with Gasteiger partial charge in [0.05, 0.1) is 18.8 Å². The highest BCUT2D eigenvalue weighted by atomic mass is 19.3. The highest BCUT2D eigenvalue weighted by Crippen LogP contribution is 2.39. The summed E-state index contributed by atoms with van der Waals surface area (Å²) >= 11 is 0. The fourth-order valence-electron chi connectivity index (χ4n) is 4.89. The molecule has 6 rings (SSSR count). The van der Waals surface area contributed by atoms with Gasteiger partial charge in [0, 0.05) is 42.2 Å². The summed E-state index contributed by atoms with van der Waals surface area (Å²) in [5, 5.41) is 13.0. The molecular formula is C23H27F3N8O2. The number of nitrogens with zero attached hydrogens (tertiary/aromatic N) is 5. The summed E-state index contributed by atoms with van der Waals surface area (Å²) in [5.41, 5.74) is 1.65. The average molecular weight is 505 g/mol. The van der Waals surface area contributed by atoms with Gasteiger partial charge >= 0.3 is 6.09 Å². The van der Waals surface area contributed by atoms with Crippen molar-refractivity contribution in [3.63, 3.8) is 0 Å². The molecule has 3 fully saturated rings. The number of carbonyl (C=O) groups is 1. The smallest absolute Gasteiger partial charge is 0.407 e. The number of imidazole rings is 1. The van der Waals surface area contributed by atoms with Crippen molar-refractivity contribution in [2.45, 2.75) is 68.8 Å². The molecule has 10 nitrogen and oxygen atoms in total. The van der Waals surface area contributed by atoms with Crippen molar-refractivity contribution >= 4 is 23.5 Å². The number of alkyl carbamates (subject to hydrolysis) is 1. The molecule has 36 heavy (non-hydrogen) atoms. The third-order valence-electron chi connectivity index (χ3n) is 7.13. The van der Waals surface area contributed by atoms with Crippen molar-refractivity contribution in [1.29, 1.82) is 0 Å². The number of ether oxygens (including phenoxy) is 1. The summed E-state index contributed by atoms with van der Waals surface area (Å²) in [4.78, 5) is 22.5. The molecule has 0 bridgehead atoms. The van der Waals surface area contributed by atoms with Crippen LogP contribution in [0.4, 0.5) is 29.7 Å². The van der Waals surface area contributed by atoms with Gasteiger partial charge in [-0.3, -0.25) is 14.4 Å². The maximum atomic E-state index is 15.1. The third-order valence-corrected chi connectivity index (χ3v) is 7.13. The lowest BCUT2D eigenvalue weighted by molar-refractivity contribution is -0.134. The Balaban J connectivity index is 1.10. The van der Waals surface area contributed by atoms with Gasteiger partial charge in [-0.15, -0.1) is 0 Å². The number of hydrogen-bond donors (Lipinski definition) is 3. The van der Waals surface area contributed by atoms with Crippen molar-refractivity contribution in [3.8, 4) is 0 Å². The molecule has 0 unspecified atom stereocenters. The Hall–Kier alpha value is -3.35. The number of aromatic nitrogens is 5. The normalized spacial score (nSPS) is 26.5. The quantitative estimate of drug-likeness (QED) is 0.451. The molecule has 3 atom stereocenters. The first kappa shape index (κ1) is 23.1. The molecule has 3 N–H and O–H groups in total. The zero-order valence-electron chi connectivity index (χ0n) is 19.7. The van der Waals surface area contributed by atoms with E-state index in [9.17, 15) is 13.6 Å². The Labute approximate surface area is 204 Å². The van der Waals surface area contributed by atoms with Crippen molar-refractivity contribution in [2.75, 3.05) is 18.4 Å². The van der Waals surface area contributed by atoms with Crippen LogP contribution in [0.15, 0.2) is 24.5 Å². The number of amides is 1. The molecule has 1 amide bonds. The SMILES string of the molecule is CC1(NC(=O)O[C@H]2CC[C@@H](c3cc(Nc4nccc5nc(CN6CC(F)(F)C6)cn45)n[nH]3)[C@H]2F)CC1. The number of H-pyrrole nitrogens is 1. The van der Waals surface area contributed by atoms with Crippen LogP contribution in [0.1, 0.15) is 49.9 Å². The number of halogens is 3. The highest BCUT2D eigenvalue weighted by Gasteiger charge is 2.44. The standard InChI is InChI=1S/C23H27F3N8O2/c1-22(5-6-22)30-21(35)36-16-3-2-14(19(16)24)15-8-17(32-31-15)29-20-27-7-4-18-28-13(10-34(18)20)9-33-11-23(25,26)12-33/h4,7-8,10,14,16,19H,2-3,5-6,9,11-12H2,1H3,(H,30,35)(H2,27,29,31,32)/t14-,16-,19+/m0/s1. The van der Waals surface area contributed by atoms with Gasteiger partial charge < -0.3 is 15.4 Å². The number of likely N-dealkylation sites (tertiary alicyclic amines) is 1. The van der Waals surface area contributed by atoms with E-state index in [1.807, 2.05) is 6.92 Å². The van der Waals surface area contributed by atoms with Gasteiger partial charge in [-0.25, -0.2) is 27.9 Å². The summed E-state index contributed by atoms with van der Waals surface area (Å²) in [6.45, 7) is 1.72. The summed E-state index contributed by atoms with van der Waals surface area (Å²) in [5.74, 6) is -2.22. The molecule has 0 aromatic carbocycles. The van der Waals surface area contributed by atoms with Gasteiger partial charge in [-0.1, -0.05) is 0 Å². The van der Waals surface area contributed by atoms with Crippen molar-refractivity contribution < 1.29 is 22.7 Å². The number of rotatable bonds is 7. The summed E-state index contributed by atoms with van der Waals surface area (Å²) in [6.07, 6.45) is 3.37. The molecule has 2 saturated carbocycles. The Morgan fingerprint density at radius 3 is 2.86 bits per heavy atom. The zero-order chi connectivity index (χ0) is 25.1. The largest absolute Gasteiger partial charge is 0.443 e. The highest BCUT2D eigenvalue weighted by molar-refractivity contribution is 5.69. The van der Waals surface area contributed by atoms with E-state index in [1.165, 1.54) is 0 Å². The second-order valence-electron chi connectivity index (χ2n) is 10.3. The molecule has 1 aliphatic heterocycles. The van der Waals surface area contributed by atoms with Gasteiger partial charge in [0.25, 0.3) is 5.92 Å².